The summed E-state index contributed by atoms with van der Waals surface area (Å²) < 4.78 is 0. The van der Waals surface area contributed by atoms with Gasteiger partial charge in [-0.15, -0.1) is 0 Å². The Kier molecular flexibility index (Phi) is 6.17. The van der Waals surface area contributed by atoms with Gasteiger partial charge in [-0.25, -0.2) is 9.59 Å². The van der Waals surface area contributed by atoms with Crippen LogP contribution in [0, 0.1) is 0 Å². The Morgan fingerprint density at radius 2 is 2.04 bits per heavy atom. The van der Waals surface area contributed by atoms with Crippen LogP contribution < -0.4 is 5.32 Å². The van der Waals surface area contributed by atoms with Gasteiger partial charge in [0.1, 0.15) is 0 Å². The molecule has 0 bridgehead atoms. The van der Waals surface area contributed by atoms with Gasteiger partial charge in [-0.1, -0.05) is 12.1 Å². The predicted octanol–water partition coefficient (Wildman–Crippen LogP) is 2.14. The Morgan fingerprint density at radius 1 is 1.25 bits per heavy atom. The molecule has 3 N–H and O–H groups in total. The van der Waals surface area contributed by atoms with Gasteiger partial charge in [-0.2, -0.15) is 0 Å². The molecule has 24 heavy (non-hydrogen) atoms. The third-order valence-corrected chi connectivity index (χ3v) is 4.16. The first kappa shape index (κ1) is 17.8. The standard InChI is InChI=1S/C17H22N2O5/c20-15(21)7-2-8-18-17(24)19-9-3-6-14(11-19)12-4-1-5-13(10-12)16(22)23/h1,4-5,10,14H,2-3,6-9,11H2,(H,18,24)(H,20,21)(H,22,23). The predicted molar refractivity (Wildman–Crippen MR) is 87.2 cm³/mol. The van der Waals surface area contributed by atoms with E-state index in [4.69, 9.17) is 10.2 Å². The van der Waals surface area contributed by atoms with Crippen LogP contribution in [-0.2, 0) is 4.79 Å². The summed E-state index contributed by atoms with van der Waals surface area (Å²) in [5, 5.41) is 20.4. The maximum atomic E-state index is 12.2. The summed E-state index contributed by atoms with van der Waals surface area (Å²) in [6, 6.07) is 6.65. The van der Waals surface area contributed by atoms with Crippen LogP contribution in [0.5, 0.6) is 0 Å². The molecule has 0 saturated carbocycles. The van der Waals surface area contributed by atoms with Gasteiger partial charge in [0.05, 0.1) is 5.56 Å². The van der Waals surface area contributed by atoms with Gasteiger partial charge in [0.2, 0.25) is 0 Å². The van der Waals surface area contributed by atoms with Crippen LogP contribution in [0.25, 0.3) is 0 Å². The van der Waals surface area contributed by atoms with E-state index in [9.17, 15) is 14.4 Å². The normalized spacial score (nSPS) is 17.3. The van der Waals surface area contributed by atoms with Crippen molar-refractivity contribution < 1.29 is 24.6 Å². The van der Waals surface area contributed by atoms with Gasteiger partial charge in [-0.05, 0) is 37.0 Å². The molecule has 1 saturated heterocycles. The second-order valence-corrected chi connectivity index (χ2v) is 5.95. The fraction of sp³-hybridized carbons (Fsp3) is 0.471. The molecule has 1 heterocycles. The van der Waals surface area contributed by atoms with E-state index in [0.717, 1.165) is 18.4 Å². The maximum Gasteiger partial charge on any atom is 0.335 e. The number of hydrogen-bond donors (Lipinski definition) is 3. The molecule has 2 rings (SSSR count). The summed E-state index contributed by atoms with van der Waals surface area (Å²) in [7, 11) is 0. The molecular formula is C17H22N2O5. The Labute approximate surface area is 140 Å². The number of carboxylic acids is 2. The van der Waals surface area contributed by atoms with Gasteiger partial charge in [0.25, 0.3) is 0 Å². The molecule has 1 aliphatic rings. The van der Waals surface area contributed by atoms with Crippen molar-refractivity contribution in [2.24, 2.45) is 0 Å². The van der Waals surface area contributed by atoms with Crippen molar-refractivity contribution in [3.05, 3.63) is 35.4 Å². The number of rotatable bonds is 6. The van der Waals surface area contributed by atoms with Gasteiger partial charge < -0.3 is 20.4 Å². The molecule has 1 atom stereocenters. The summed E-state index contributed by atoms with van der Waals surface area (Å²) in [4.78, 5) is 35.4. The number of benzene rings is 1. The summed E-state index contributed by atoms with van der Waals surface area (Å²) in [5.74, 6) is -1.72. The Hall–Kier alpha value is -2.57. The molecule has 1 aromatic rings. The molecule has 0 radical (unpaired) electrons. The van der Waals surface area contributed by atoms with Crippen molar-refractivity contribution in [3.63, 3.8) is 0 Å². The minimum Gasteiger partial charge on any atom is -0.481 e. The fourth-order valence-corrected chi connectivity index (χ4v) is 2.91. The van der Waals surface area contributed by atoms with Crippen LogP contribution in [0.15, 0.2) is 24.3 Å². The van der Waals surface area contributed by atoms with Gasteiger partial charge in [0.15, 0.2) is 0 Å². The highest BCUT2D eigenvalue weighted by Crippen LogP contribution is 2.27. The van der Waals surface area contributed by atoms with E-state index in [2.05, 4.69) is 5.32 Å². The van der Waals surface area contributed by atoms with Crippen LogP contribution in [0.1, 0.15) is 47.5 Å². The second-order valence-electron chi connectivity index (χ2n) is 5.95. The molecule has 0 aliphatic carbocycles. The van der Waals surface area contributed by atoms with Crippen molar-refractivity contribution in [3.8, 4) is 0 Å². The lowest BCUT2D eigenvalue weighted by atomic mass is 9.90. The smallest absolute Gasteiger partial charge is 0.335 e. The number of amides is 2. The highest BCUT2D eigenvalue weighted by atomic mass is 16.4. The number of nitrogens with one attached hydrogen (secondary N) is 1. The van der Waals surface area contributed by atoms with Crippen LogP contribution in [0.3, 0.4) is 0 Å². The van der Waals surface area contributed by atoms with Crippen molar-refractivity contribution >= 4 is 18.0 Å². The zero-order valence-electron chi connectivity index (χ0n) is 13.4. The minimum absolute atomic E-state index is 0.0326. The van der Waals surface area contributed by atoms with E-state index < -0.39 is 11.9 Å². The summed E-state index contributed by atoms with van der Waals surface area (Å²) in [6.45, 7) is 1.52. The first-order valence-electron chi connectivity index (χ1n) is 8.05. The molecule has 0 spiro atoms. The number of nitrogens with zero attached hydrogens (tertiary/aromatic N) is 1. The quantitative estimate of drug-likeness (QED) is 0.691. The van der Waals surface area contributed by atoms with Crippen LogP contribution >= 0.6 is 0 Å². The minimum atomic E-state index is -0.958. The van der Waals surface area contributed by atoms with E-state index in [1.54, 1.807) is 23.1 Å². The average molecular weight is 334 g/mol. The second kappa shape index (κ2) is 8.33. The van der Waals surface area contributed by atoms with Crippen molar-refractivity contribution in [1.29, 1.82) is 0 Å². The number of carbonyl (C=O) groups excluding carboxylic acids is 1. The van der Waals surface area contributed by atoms with Crippen molar-refractivity contribution in [2.75, 3.05) is 19.6 Å². The molecule has 2 amide bonds. The SMILES string of the molecule is O=C(O)CCCNC(=O)N1CCCC(c2cccc(C(=O)O)c2)C1. The fourth-order valence-electron chi connectivity index (χ4n) is 2.91. The summed E-state index contributed by atoms with van der Waals surface area (Å²) >= 11 is 0. The van der Waals surface area contributed by atoms with E-state index in [0.29, 0.717) is 26.1 Å². The van der Waals surface area contributed by atoms with E-state index >= 15 is 0 Å². The van der Waals surface area contributed by atoms with Crippen molar-refractivity contribution in [1.82, 2.24) is 10.2 Å². The number of aliphatic carboxylic acids is 1. The van der Waals surface area contributed by atoms with Crippen LogP contribution in [-0.4, -0.2) is 52.7 Å². The highest BCUT2D eigenvalue weighted by Gasteiger charge is 2.25. The van der Waals surface area contributed by atoms with Crippen LogP contribution in [0.4, 0.5) is 4.79 Å². The molecule has 1 aliphatic heterocycles. The number of aromatic carboxylic acids is 1. The summed E-state index contributed by atoms with van der Waals surface area (Å²) in [6.07, 6.45) is 2.19. The molecule has 0 aromatic heterocycles. The van der Waals surface area contributed by atoms with Gasteiger partial charge in [-0.3, -0.25) is 4.79 Å². The average Bonchev–Trinajstić information content (AvgIpc) is 2.58. The van der Waals surface area contributed by atoms with E-state index in [1.807, 2.05) is 6.07 Å². The molecule has 130 valence electrons. The molecule has 1 aromatic carbocycles. The zero-order valence-corrected chi connectivity index (χ0v) is 13.4. The largest absolute Gasteiger partial charge is 0.481 e. The first-order chi connectivity index (χ1) is 11.5. The molecule has 7 heteroatoms. The maximum absolute atomic E-state index is 12.2. The van der Waals surface area contributed by atoms with E-state index in [1.165, 1.54) is 0 Å². The summed E-state index contributed by atoms with van der Waals surface area (Å²) in [5.41, 5.74) is 1.18. The highest BCUT2D eigenvalue weighted by molar-refractivity contribution is 5.87. The van der Waals surface area contributed by atoms with Gasteiger partial charge in [0, 0.05) is 32.0 Å². The monoisotopic (exact) mass is 334 g/mol. The topological polar surface area (TPSA) is 107 Å². The van der Waals surface area contributed by atoms with Gasteiger partial charge >= 0.3 is 18.0 Å². The number of urea groups is 1. The number of piperidine rings is 1. The first-order valence-corrected chi connectivity index (χ1v) is 8.05. The Balaban J connectivity index is 1.91. The third-order valence-electron chi connectivity index (χ3n) is 4.16. The lowest BCUT2D eigenvalue weighted by molar-refractivity contribution is -0.137. The zero-order chi connectivity index (χ0) is 17.5. The number of likely N-dealkylation sites (tertiary alicyclic amines) is 1. The third kappa shape index (κ3) is 4.97. The molecular weight excluding hydrogens is 312 g/mol. The van der Waals surface area contributed by atoms with Crippen molar-refractivity contribution in [2.45, 2.75) is 31.6 Å². The number of hydrogen-bond acceptors (Lipinski definition) is 3. The van der Waals surface area contributed by atoms with E-state index in [-0.39, 0.29) is 23.9 Å². The lowest BCUT2D eigenvalue weighted by Gasteiger charge is -2.33. The Morgan fingerprint density at radius 3 is 2.75 bits per heavy atom. The number of carbonyl (C=O) groups is 3. The lowest BCUT2D eigenvalue weighted by Crippen LogP contribution is -2.45. The van der Waals surface area contributed by atoms with Crippen LogP contribution in [0.2, 0.25) is 0 Å². The molecule has 1 fully saturated rings. The molecule has 1 unspecified atom stereocenters. The molecule has 7 nitrogen and oxygen atoms in total. The number of carboxylic acid groups (broad SMARTS) is 2. The Bertz CT molecular complexity index is 617.